The Labute approximate surface area is 72.5 Å². The zero-order valence-corrected chi connectivity index (χ0v) is 7.12. The standard InChI is InChI=1S/C9H15NO2/c1-2-9(12)10-6-7-4-3-5-8(7)11/h2,7-8,11H,1,3-6H2,(H,10,12)/t7-,8+/m1/s1. The number of amides is 1. The molecule has 0 heterocycles. The minimum absolute atomic E-state index is 0.158. The van der Waals surface area contributed by atoms with Crippen LogP contribution in [0.5, 0.6) is 0 Å². The first-order valence-electron chi connectivity index (χ1n) is 4.32. The fourth-order valence-corrected chi connectivity index (χ4v) is 1.56. The zero-order valence-electron chi connectivity index (χ0n) is 7.12. The number of aliphatic hydroxyl groups is 1. The normalized spacial score (nSPS) is 28.4. The quantitative estimate of drug-likeness (QED) is 0.603. The SMILES string of the molecule is C=CC(=O)NC[C@H]1CCC[C@@H]1O. The van der Waals surface area contributed by atoms with Crippen LogP contribution in [0, 0.1) is 5.92 Å². The first kappa shape index (κ1) is 9.26. The molecule has 1 amide bonds. The third-order valence-electron chi connectivity index (χ3n) is 2.34. The van der Waals surface area contributed by atoms with Crippen LogP contribution in [0.25, 0.3) is 0 Å². The van der Waals surface area contributed by atoms with Gasteiger partial charge in [-0.05, 0) is 18.9 Å². The summed E-state index contributed by atoms with van der Waals surface area (Å²) in [6, 6.07) is 0. The predicted octanol–water partition coefficient (Wildman–Crippen LogP) is 0.450. The van der Waals surface area contributed by atoms with Crippen molar-refractivity contribution in [1.29, 1.82) is 0 Å². The molecule has 1 aliphatic rings. The Balaban J connectivity index is 2.22. The summed E-state index contributed by atoms with van der Waals surface area (Å²) in [4.78, 5) is 10.8. The molecule has 1 rings (SSSR count). The van der Waals surface area contributed by atoms with Gasteiger partial charge < -0.3 is 10.4 Å². The molecule has 0 aromatic heterocycles. The van der Waals surface area contributed by atoms with Crippen molar-refractivity contribution in [2.45, 2.75) is 25.4 Å². The molecule has 0 radical (unpaired) electrons. The molecular formula is C9H15NO2. The molecule has 0 saturated heterocycles. The highest BCUT2D eigenvalue weighted by molar-refractivity contribution is 5.86. The average molecular weight is 169 g/mol. The van der Waals surface area contributed by atoms with Gasteiger partial charge in [-0.2, -0.15) is 0 Å². The van der Waals surface area contributed by atoms with Crippen molar-refractivity contribution in [3.63, 3.8) is 0 Å². The molecule has 68 valence electrons. The van der Waals surface area contributed by atoms with E-state index in [4.69, 9.17) is 0 Å². The number of carbonyl (C=O) groups is 1. The minimum atomic E-state index is -0.227. The van der Waals surface area contributed by atoms with E-state index in [9.17, 15) is 9.90 Å². The first-order chi connectivity index (χ1) is 5.74. The van der Waals surface area contributed by atoms with Crippen LogP contribution in [0.3, 0.4) is 0 Å². The molecule has 1 aliphatic carbocycles. The van der Waals surface area contributed by atoms with Crippen molar-refractivity contribution in [2.24, 2.45) is 5.92 Å². The Hall–Kier alpha value is -0.830. The molecule has 0 aliphatic heterocycles. The predicted molar refractivity (Wildman–Crippen MR) is 46.6 cm³/mol. The van der Waals surface area contributed by atoms with E-state index in [-0.39, 0.29) is 17.9 Å². The first-order valence-corrected chi connectivity index (χ1v) is 4.32. The second kappa shape index (κ2) is 4.26. The molecule has 3 nitrogen and oxygen atoms in total. The number of nitrogens with one attached hydrogen (secondary N) is 1. The van der Waals surface area contributed by atoms with E-state index in [1.165, 1.54) is 6.08 Å². The summed E-state index contributed by atoms with van der Waals surface area (Å²) in [6.45, 7) is 3.93. The second-order valence-corrected chi connectivity index (χ2v) is 3.21. The van der Waals surface area contributed by atoms with Crippen LogP contribution in [0.4, 0.5) is 0 Å². The monoisotopic (exact) mass is 169 g/mol. The van der Waals surface area contributed by atoms with E-state index < -0.39 is 0 Å². The van der Waals surface area contributed by atoms with Gasteiger partial charge in [-0.15, -0.1) is 0 Å². The molecule has 2 N–H and O–H groups in total. The van der Waals surface area contributed by atoms with Gasteiger partial charge in [-0.3, -0.25) is 4.79 Å². The fourth-order valence-electron chi connectivity index (χ4n) is 1.56. The van der Waals surface area contributed by atoms with Gasteiger partial charge in [-0.25, -0.2) is 0 Å². The lowest BCUT2D eigenvalue weighted by Crippen LogP contribution is -2.31. The van der Waals surface area contributed by atoms with E-state index in [0.717, 1.165) is 19.3 Å². The van der Waals surface area contributed by atoms with Crippen LogP contribution >= 0.6 is 0 Å². The Morgan fingerprint density at radius 1 is 1.67 bits per heavy atom. The summed E-state index contributed by atoms with van der Waals surface area (Å²) in [7, 11) is 0. The topological polar surface area (TPSA) is 49.3 Å². The summed E-state index contributed by atoms with van der Waals surface area (Å²) in [5.74, 6) is 0.0861. The summed E-state index contributed by atoms with van der Waals surface area (Å²) in [5.41, 5.74) is 0. The van der Waals surface area contributed by atoms with E-state index in [2.05, 4.69) is 11.9 Å². The zero-order chi connectivity index (χ0) is 8.97. The molecule has 0 unspecified atom stereocenters. The average Bonchev–Trinajstić information content (AvgIpc) is 2.47. The number of hydrogen-bond acceptors (Lipinski definition) is 2. The van der Waals surface area contributed by atoms with Crippen molar-refractivity contribution in [2.75, 3.05) is 6.54 Å². The molecule has 3 heteroatoms. The molecule has 1 fully saturated rings. The lowest BCUT2D eigenvalue weighted by molar-refractivity contribution is -0.116. The molecule has 0 aromatic carbocycles. The van der Waals surface area contributed by atoms with Crippen LogP contribution in [-0.2, 0) is 4.79 Å². The van der Waals surface area contributed by atoms with Gasteiger partial charge in [0.25, 0.3) is 0 Å². The van der Waals surface area contributed by atoms with Crippen LogP contribution in [-0.4, -0.2) is 23.7 Å². The van der Waals surface area contributed by atoms with Crippen molar-refractivity contribution >= 4 is 5.91 Å². The summed E-state index contributed by atoms with van der Waals surface area (Å²) in [5, 5.41) is 12.1. The maximum atomic E-state index is 10.8. The van der Waals surface area contributed by atoms with Crippen molar-refractivity contribution in [1.82, 2.24) is 5.32 Å². The second-order valence-electron chi connectivity index (χ2n) is 3.21. The molecule has 0 aromatic rings. The van der Waals surface area contributed by atoms with Crippen LogP contribution in [0.2, 0.25) is 0 Å². The molecular weight excluding hydrogens is 154 g/mol. The van der Waals surface area contributed by atoms with Crippen LogP contribution < -0.4 is 5.32 Å². The van der Waals surface area contributed by atoms with Crippen molar-refractivity contribution in [3.8, 4) is 0 Å². The maximum absolute atomic E-state index is 10.8. The summed E-state index contributed by atoms with van der Waals surface area (Å²) < 4.78 is 0. The third-order valence-corrected chi connectivity index (χ3v) is 2.34. The lowest BCUT2D eigenvalue weighted by Gasteiger charge is -2.13. The van der Waals surface area contributed by atoms with Gasteiger partial charge in [0, 0.05) is 12.5 Å². The van der Waals surface area contributed by atoms with Gasteiger partial charge in [0.05, 0.1) is 6.10 Å². The molecule has 1 saturated carbocycles. The van der Waals surface area contributed by atoms with Crippen molar-refractivity contribution in [3.05, 3.63) is 12.7 Å². The van der Waals surface area contributed by atoms with E-state index in [1.807, 2.05) is 0 Å². The maximum Gasteiger partial charge on any atom is 0.243 e. The van der Waals surface area contributed by atoms with E-state index >= 15 is 0 Å². The van der Waals surface area contributed by atoms with E-state index in [0.29, 0.717) is 6.54 Å². The Morgan fingerprint density at radius 2 is 2.42 bits per heavy atom. The third kappa shape index (κ3) is 2.34. The molecule has 12 heavy (non-hydrogen) atoms. The number of carbonyl (C=O) groups excluding carboxylic acids is 1. The minimum Gasteiger partial charge on any atom is -0.393 e. The smallest absolute Gasteiger partial charge is 0.243 e. The largest absolute Gasteiger partial charge is 0.393 e. The van der Waals surface area contributed by atoms with Gasteiger partial charge >= 0.3 is 0 Å². The molecule has 0 bridgehead atoms. The van der Waals surface area contributed by atoms with Crippen LogP contribution in [0.1, 0.15) is 19.3 Å². The van der Waals surface area contributed by atoms with Gasteiger partial charge in [0.1, 0.15) is 0 Å². The Bertz CT molecular complexity index is 179. The molecule has 2 atom stereocenters. The van der Waals surface area contributed by atoms with Crippen molar-refractivity contribution < 1.29 is 9.90 Å². The van der Waals surface area contributed by atoms with Gasteiger partial charge in [0.2, 0.25) is 5.91 Å². The Morgan fingerprint density at radius 3 is 2.92 bits per heavy atom. The Kier molecular flexibility index (Phi) is 3.29. The highest BCUT2D eigenvalue weighted by Gasteiger charge is 2.24. The van der Waals surface area contributed by atoms with Gasteiger partial charge in [-0.1, -0.05) is 13.0 Å². The molecule has 0 spiro atoms. The van der Waals surface area contributed by atoms with Gasteiger partial charge in [0.15, 0.2) is 0 Å². The van der Waals surface area contributed by atoms with Crippen LogP contribution in [0.15, 0.2) is 12.7 Å². The fraction of sp³-hybridized carbons (Fsp3) is 0.667. The summed E-state index contributed by atoms with van der Waals surface area (Å²) >= 11 is 0. The highest BCUT2D eigenvalue weighted by atomic mass is 16.3. The summed E-state index contributed by atoms with van der Waals surface area (Å²) in [6.07, 6.45) is 3.97. The lowest BCUT2D eigenvalue weighted by atomic mass is 10.1. The highest BCUT2D eigenvalue weighted by Crippen LogP contribution is 2.24. The number of aliphatic hydroxyl groups excluding tert-OH is 1. The van der Waals surface area contributed by atoms with E-state index in [1.54, 1.807) is 0 Å². The number of hydrogen-bond donors (Lipinski definition) is 2. The number of rotatable bonds is 3.